The molecular weight excluding hydrogens is 960 g/mol. The van der Waals surface area contributed by atoms with Crippen LogP contribution in [0, 0.1) is 41.7 Å². The van der Waals surface area contributed by atoms with Gasteiger partial charge in [0.25, 0.3) is 0 Å². The SMILES string of the molecule is C/C(=N\N=C(/[O-])c1ccccc1)c1cccc(/C(C)=N/NC(=O)Nc2ccccc2)n1.C/C(=N\N=C(/[O-])c1ccccc1)c1cccc(/C(C)=N/NC(=O)Nc2ccccc2)n1.[Ce+3].[Cl-]. The minimum absolute atomic E-state index is 0. The number of amides is 4. The van der Waals surface area contributed by atoms with Gasteiger partial charge in [-0.05, 0) is 87.4 Å². The first-order chi connectivity index (χ1) is 30.0. The van der Waals surface area contributed by atoms with Crippen LogP contribution in [-0.2, 0) is 0 Å². The van der Waals surface area contributed by atoms with E-state index in [0.29, 0.717) is 68.1 Å². The van der Waals surface area contributed by atoms with Crippen molar-refractivity contribution in [1.82, 2.24) is 20.8 Å². The maximum Gasteiger partial charge on any atom is 3.00 e. The van der Waals surface area contributed by atoms with Crippen LogP contribution in [-0.4, -0.2) is 56.7 Å². The van der Waals surface area contributed by atoms with Crippen LogP contribution < -0.4 is 44.1 Å². The fourth-order valence-corrected chi connectivity index (χ4v) is 5.04. The van der Waals surface area contributed by atoms with Gasteiger partial charge in [-0.15, -0.1) is 0 Å². The number of halogens is 1. The molecule has 0 aliphatic carbocycles. The van der Waals surface area contributed by atoms with E-state index in [9.17, 15) is 19.8 Å². The number of carbonyl (C=O) groups excluding carboxylic acids is 2. The van der Waals surface area contributed by atoms with Crippen LogP contribution in [0.4, 0.5) is 21.0 Å². The zero-order valence-corrected chi connectivity index (χ0v) is 39.0. The fraction of sp³-hybridized carbons (Fsp3) is 0.0870. The molecule has 18 heteroatoms. The summed E-state index contributed by atoms with van der Waals surface area (Å²) < 4.78 is 0. The quantitative estimate of drug-likeness (QED) is 0.0817. The Morgan fingerprint density at radius 1 is 0.422 bits per heavy atom. The van der Waals surface area contributed by atoms with Crippen LogP contribution in [0.3, 0.4) is 0 Å². The van der Waals surface area contributed by atoms with Gasteiger partial charge in [-0.1, -0.05) is 109 Å². The summed E-state index contributed by atoms with van der Waals surface area (Å²) in [6.45, 7) is 6.88. The Morgan fingerprint density at radius 2 is 0.719 bits per heavy atom. The Labute approximate surface area is 410 Å². The van der Waals surface area contributed by atoms with Crippen molar-refractivity contribution >= 4 is 58.1 Å². The molecule has 6 rings (SSSR count). The number of hydrogen-bond donors (Lipinski definition) is 4. The predicted molar refractivity (Wildman–Crippen MR) is 240 cm³/mol. The van der Waals surface area contributed by atoms with E-state index in [-0.39, 0.29) is 54.2 Å². The van der Waals surface area contributed by atoms with Crippen LogP contribution in [0.2, 0.25) is 0 Å². The monoisotopic (exact) mass is 1000 g/mol. The summed E-state index contributed by atoms with van der Waals surface area (Å²) in [6, 6.07) is 45.2. The van der Waals surface area contributed by atoms with E-state index in [4.69, 9.17) is 0 Å². The number of rotatable bonds is 12. The van der Waals surface area contributed by atoms with Gasteiger partial charge in [0.15, 0.2) is 0 Å². The zero-order valence-electron chi connectivity index (χ0n) is 35.1. The van der Waals surface area contributed by atoms with Crippen LogP contribution in [0.25, 0.3) is 0 Å². The second kappa shape index (κ2) is 27.1. The van der Waals surface area contributed by atoms with Crippen molar-refractivity contribution in [1.29, 1.82) is 0 Å². The van der Waals surface area contributed by atoms with Crippen molar-refractivity contribution < 1.29 is 74.0 Å². The van der Waals surface area contributed by atoms with Crippen LogP contribution >= 0.6 is 0 Å². The van der Waals surface area contributed by atoms with Gasteiger partial charge in [0.1, 0.15) is 0 Å². The summed E-state index contributed by atoms with van der Waals surface area (Å²) in [6.07, 6.45) is 0. The molecule has 0 fully saturated rings. The number of carbonyl (C=O) groups is 2. The molecule has 0 atom stereocenters. The minimum Gasteiger partial charge on any atom is -1.00 e. The van der Waals surface area contributed by atoms with E-state index in [2.05, 4.69) is 62.1 Å². The fourth-order valence-electron chi connectivity index (χ4n) is 5.04. The molecule has 64 heavy (non-hydrogen) atoms. The molecule has 2 aromatic heterocycles. The van der Waals surface area contributed by atoms with Crippen molar-refractivity contribution in [3.8, 4) is 0 Å². The van der Waals surface area contributed by atoms with Crippen LogP contribution in [0.1, 0.15) is 61.6 Å². The number of hydrazone groups is 2. The molecule has 0 aliphatic rings. The first-order valence-electron chi connectivity index (χ1n) is 19.0. The smallest absolute Gasteiger partial charge is 1.00 e. The number of nitrogens with one attached hydrogen (secondary N) is 4. The summed E-state index contributed by atoms with van der Waals surface area (Å²) in [4.78, 5) is 32.9. The molecule has 0 aliphatic heterocycles. The number of pyridine rings is 2. The van der Waals surface area contributed by atoms with Crippen molar-refractivity contribution in [2.45, 2.75) is 27.7 Å². The van der Waals surface area contributed by atoms with E-state index in [1.54, 1.807) is 137 Å². The Hall–Kier alpha value is -6.99. The average molecular weight is 1000 g/mol. The predicted octanol–water partition coefficient (Wildman–Crippen LogP) is 3.32. The van der Waals surface area contributed by atoms with Gasteiger partial charge in [0, 0.05) is 23.2 Å². The van der Waals surface area contributed by atoms with E-state index in [1.165, 1.54) is 0 Å². The summed E-state index contributed by atoms with van der Waals surface area (Å²) in [7, 11) is 0. The molecule has 6 aromatic rings. The standard InChI is InChI=1S/2C23H22N6O2.Ce.ClH/c2*1-16(26-28-22(30)18-10-5-3-6-11-18)20-14-9-15-21(25-20)17(2)27-29-23(31)24-19-12-7-4-8-13-19;;/h2*3-15H,1-2H3,(H,28,30)(H2,24,29,31);;1H/q;;+3;/p-3/b2*26-16+,27-17+;;. The van der Waals surface area contributed by atoms with Gasteiger partial charge in [-0.3, -0.25) is 0 Å². The number of hydrogen-bond acceptors (Lipinski definition) is 12. The molecule has 2 heterocycles. The third-order valence-corrected chi connectivity index (χ3v) is 8.32. The topological polar surface area (TPSA) is 228 Å². The van der Waals surface area contributed by atoms with Crippen molar-refractivity contribution in [3.05, 3.63) is 192 Å². The number of benzene rings is 4. The van der Waals surface area contributed by atoms with Crippen LogP contribution in [0.15, 0.2) is 188 Å². The largest absolute Gasteiger partial charge is 3.00 e. The Kier molecular flexibility index (Phi) is 21.8. The van der Waals surface area contributed by atoms with E-state index >= 15 is 0 Å². The van der Waals surface area contributed by atoms with Gasteiger partial charge < -0.3 is 33.3 Å². The number of para-hydroxylation sites is 2. The minimum atomic E-state index is -0.460. The molecular formula is C46H42CeClN12O4. The molecule has 16 nitrogen and oxygen atoms in total. The van der Waals surface area contributed by atoms with Crippen molar-refractivity contribution in [2.75, 3.05) is 10.6 Å². The van der Waals surface area contributed by atoms with Gasteiger partial charge in [0.2, 0.25) is 0 Å². The number of nitrogens with zero attached hydrogens (tertiary/aromatic N) is 8. The maximum absolute atomic E-state index is 12.1. The molecule has 0 bridgehead atoms. The molecule has 1 radical (unpaired) electrons. The molecule has 4 aromatic carbocycles. The van der Waals surface area contributed by atoms with Gasteiger partial charge in [-0.2, -0.15) is 30.6 Å². The normalized spacial score (nSPS) is 12.0. The second-order valence-corrected chi connectivity index (χ2v) is 13.0. The Morgan fingerprint density at radius 3 is 1.05 bits per heavy atom. The van der Waals surface area contributed by atoms with Crippen LogP contribution in [0.5, 0.6) is 0 Å². The summed E-state index contributed by atoms with van der Waals surface area (Å²) in [5.41, 5.74) is 11.3. The third-order valence-electron chi connectivity index (χ3n) is 8.32. The van der Waals surface area contributed by atoms with E-state index < -0.39 is 23.9 Å². The van der Waals surface area contributed by atoms with Gasteiger partial charge >= 0.3 is 53.8 Å². The Balaban J connectivity index is 0.000000330. The summed E-state index contributed by atoms with van der Waals surface area (Å²) >= 11 is 0. The number of aromatic nitrogens is 2. The number of anilines is 2. The second-order valence-electron chi connectivity index (χ2n) is 13.0. The molecule has 4 N–H and O–H groups in total. The van der Waals surface area contributed by atoms with Crippen molar-refractivity contribution in [3.63, 3.8) is 0 Å². The first kappa shape index (κ1) is 51.4. The molecule has 321 valence electrons. The molecule has 4 amide bonds. The van der Waals surface area contributed by atoms with E-state index in [1.807, 2.05) is 48.5 Å². The zero-order chi connectivity index (χ0) is 44.1. The first-order valence-corrected chi connectivity index (χ1v) is 19.0. The average Bonchev–Trinajstić information content (AvgIpc) is 3.32. The Bertz CT molecular complexity index is 2450. The maximum atomic E-state index is 12.1. The number of urea groups is 2. The molecule has 0 saturated heterocycles. The van der Waals surface area contributed by atoms with E-state index in [0.717, 1.165) is 0 Å². The molecule has 0 spiro atoms. The van der Waals surface area contributed by atoms with Gasteiger partial charge in [0.05, 0.1) is 45.6 Å². The molecule has 0 unspecified atom stereocenters. The van der Waals surface area contributed by atoms with Crippen molar-refractivity contribution in [2.24, 2.45) is 30.6 Å². The summed E-state index contributed by atoms with van der Waals surface area (Å²) in [5, 5.41) is 53.2. The third kappa shape index (κ3) is 17.0. The summed E-state index contributed by atoms with van der Waals surface area (Å²) in [5.74, 6) is -0.857. The molecule has 0 saturated carbocycles. The van der Waals surface area contributed by atoms with Gasteiger partial charge in [-0.25, -0.2) is 30.4 Å².